The fourth-order valence-corrected chi connectivity index (χ4v) is 4.25. The molecule has 2 heterocycles. The Morgan fingerprint density at radius 1 is 1.03 bits per heavy atom. The molecule has 0 radical (unpaired) electrons. The minimum atomic E-state index is -0.207. The van der Waals surface area contributed by atoms with Crippen molar-refractivity contribution in [1.29, 1.82) is 0 Å². The zero-order valence-corrected chi connectivity index (χ0v) is 18.6. The van der Waals surface area contributed by atoms with Crippen LogP contribution in [0.15, 0.2) is 54.6 Å². The highest BCUT2D eigenvalue weighted by atomic mass is 16.2. The van der Waals surface area contributed by atoms with Gasteiger partial charge in [0.25, 0.3) is 5.91 Å². The molecule has 5 nitrogen and oxygen atoms in total. The van der Waals surface area contributed by atoms with Gasteiger partial charge in [-0.1, -0.05) is 51.1 Å². The number of hydrogen-bond donors (Lipinski definition) is 2. The van der Waals surface area contributed by atoms with E-state index in [0.29, 0.717) is 11.5 Å². The molecule has 0 saturated carbocycles. The average Bonchev–Trinajstić information content (AvgIpc) is 3.21. The molecule has 0 atom stereocenters. The van der Waals surface area contributed by atoms with Crippen LogP contribution >= 0.6 is 0 Å². The summed E-state index contributed by atoms with van der Waals surface area (Å²) in [6.07, 6.45) is 1.86. The molecule has 0 bridgehead atoms. The number of fused-ring (bicyclic) bond motifs is 1. The van der Waals surface area contributed by atoms with Crippen molar-refractivity contribution < 1.29 is 9.59 Å². The SMILES string of the molecule is CC(C)(C)c1ccc(C(=O)NCC(=O)N2CCC(c3cc4ccccc4[nH]3)CC2)cc1. The van der Waals surface area contributed by atoms with Gasteiger partial charge >= 0.3 is 0 Å². The zero-order chi connectivity index (χ0) is 22.0. The second-order valence-electron chi connectivity index (χ2n) is 9.48. The van der Waals surface area contributed by atoms with E-state index in [2.05, 4.69) is 55.3 Å². The van der Waals surface area contributed by atoms with E-state index in [1.165, 1.54) is 16.6 Å². The molecule has 2 N–H and O–H groups in total. The number of aromatic amines is 1. The number of carbonyl (C=O) groups excluding carboxylic acids is 2. The van der Waals surface area contributed by atoms with E-state index in [4.69, 9.17) is 0 Å². The quantitative estimate of drug-likeness (QED) is 0.651. The monoisotopic (exact) mass is 417 g/mol. The molecule has 3 aromatic rings. The number of nitrogens with one attached hydrogen (secondary N) is 2. The number of rotatable bonds is 4. The number of carbonyl (C=O) groups is 2. The summed E-state index contributed by atoms with van der Waals surface area (Å²) < 4.78 is 0. The third kappa shape index (κ3) is 4.82. The fourth-order valence-electron chi connectivity index (χ4n) is 4.25. The van der Waals surface area contributed by atoms with Crippen molar-refractivity contribution in [1.82, 2.24) is 15.2 Å². The van der Waals surface area contributed by atoms with Crippen LogP contribution in [-0.4, -0.2) is 41.3 Å². The Balaban J connectivity index is 1.27. The van der Waals surface area contributed by atoms with Gasteiger partial charge in [0.05, 0.1) is 6.54 Å². The van der Waals surface area contributed by atoms with Crippen LogP contribution in [0.5, 0.6) is 0 Å². The predicted molar refractivity (Wildman–Crippen MR) is 124 cm³/mol. The summed E-state index contributed by atoms with van der Waals surface area (Å²) >= 11 is 0. The van der Waals surface area contributed by atoms with Crippen molar-refractivity contribution in [2.24, 2.45) is 0 Å². The van der Waals surface area contributed by atoms with Crippen LogP contribution in [-0.2, 0) is 10.2 Å². The van der Waals surface area contributed by atoms with E-state index in [-0.39, 0.29) is 23.8 Å². The van der Waals surface area contributed by atoms with Crippen LogP contribution < -0.4 is 5.32 Å². The average molecular weight is 418 g/mol. The molecule has 0 spiro atoms. The van der Waals surface area contributed by atoms with Gasteiger partial charge in [-0.25, -0.2) is 0 Å². The Morgan fingerprint density at radius 2 is 1.71 bits per heavy atom. The van der Waals surface area contributed by atoms with E-state index >= 15 is 0 Å². The Morgan fingerprint density at radius 3 is 2.35 bits per heavy atom. The van der Waals surface area contributed by atoms with Crippen LogP contribution in [0.2, 0.25) is 0 Å². The summed E-state index contributed by atoms with van der Waals surface area (Å²) in [5.74, 6) is 0.212. The van der Waals surface area contributed by atoms with Gasteiger partial charge in [0, 0.05) is 35.8 Å². The smallest absolute Gasteiger partial charge is 0.251 e. The third-order valence-corrected chi connectivity index (χ3v) is 6.25. The molecule has 1 saturated heterocycles. The van der Waals surface area contributed by atoms with Crippen molar-refractivity contribution in [2.45, 2.75) is 44.9 Å². The Kier molecular flexibility index (Phi) is 5.86. The second-order valence-corrected chi connectivity index (χ2v) is 9.48. The van der Waals surface area contributed by atoms with Crippen molar-refractivity contribution in [3.05, 3.63) is 71.4 Å². The molecule has 0 aliphatic carbocycles. The molecular formula is C26H31N3O2. The number of nitrogens with zero attached hydrogens (tertiary/aromatic N) is 1. The molecule has 4 rings (SSSR count). The van der Waals surface area contributed by atoms with Gasteiger partial charge in [0.1, 0.15) is 0 Å². The third-order valence-electron chi connectivity index (χ3n) is 6.25. The number of piperidine rings is 1. The van der Waals surface area contributed by atoms with Crippen molar-refractivity contribution >= 4 is 22.7 Å². The van der Waals surface area contributed by atoms with Crippen molar-refractivity contribution in [2.75, 3.05) is 19.6 Å². The van der Waals surface area contributed by atoms with E-state index in [0.717, 1.165) is 31.4 Å². The summed E-state index contributed by atoms with van der Waals surface area (Å²) in [4.78, 5) is 30.4. The van der Waals surface area contributed by atoms with Crippen LogP contribution in [0.25, 0.3) is 10.9 Å². The van der Waals surface area contributed by atoms with E-state index in [1.54, 1.807) is 0 Å². The zero-order valence-electron chi connectivity index (χ0n) is 18.6. The normalized spacial score (nSPS) is 15.3. The molecule has 1 fully saturated rings. The van der Waals surface area contributed by atoms with Crippen LogP contribution in [0.4, 0.5) is 0 Å². The molecule has 1 aromatic heterocycles. The molecule has 2 amide bonds. The second kappa shape index (κ2) is 8.58. The number of H-pyrrole nitrogens is 1. The van der Waals surface area contributed by atoms with Gasteiger partial charge < -0.3 is 15.2 Å². The number of amides is 2. The highest BCUT2D eigenvalue weighted by Gasteiger charge is 2.25. The Bertz CT molecular complexity index is 1030. The maximum absolute atomic E-state index is 12.6. The minimum Gasteiger partial charge on any atom is -0.358 e. The van der Waals surface area contributed by atoms with Gasteiger partial charge in [-0.05, 0) is 53.5 Å². The van der Waals surface area contributed by atoms with Gasteiger partial charge in [-0.2, -0.15) is 0 Å². The van der Waals surface area contributed by atoms with Crippen LogP contribution in [0.3, 0.4) is 0 Å². The summed E-state index contributed by atoms with van der Waals surface area (Å²) in [6, 6.07) is 18.1. The molecule has 2 aromatic carbocycles. The number of benzene rings is 2. The summed E-state index contributed by atoms with van der Waals surface area (Å²) in [7, 11) is 0. The molecule has 31 heavy (non-hydrogen) atoms. The molecule has 0 unspecified atom stereocenters. The number of hydrogen-bond acceptors (Lipinski definition) is 2. The van der Waals surface area contributed by atoms with Crippen molar-refractivity contribution in [3.8, 4) is 0 Å². The number of aromatic nitrogens is 1. The maximum Gasteiger partial charge on any atom is 0.251 e. The lowest BCUT2D eigenvalue weighted by atomic mass is 9.87. The molecule has 1 aliphatic heterocycles. The minimum absolute atomic E-state index is 0.0187. The number of likely N-dealkylation sites (tertiary alicyclic amines) is 1. The summed E-state index contributed by atoms with van der Waals surface area (Å²) in [5.41, 5.74) is 4.22. The molecule has 1 aliphatic rings. The summed E-state index contributed by atoms with van der Waals surface area (Å²) in [6.45, 7) is 7.90. The fraction of sp³-hybridized carbons (Fsp3) is 0.385. The van der Waals surface area contributed by atoms with E-state index in [9.17, 15) is 9.59 Å². The first-order chi connectivity index (χ1) is 14.8. The standard InChI is InChI=1S/C26H31N3O2/c1-26(2,3)21-10-8-19(9-11-21)25(31)27-17-24(30)29-14-12-18(13-15-29)23-16-20-6-4-5-7-22(20)28-23/h4-11,16,18,28H,12-15,17H2,1-3H3,(H,27,31). The van der Waals surface area contributed by atoms with E-state index in [1.807, 2.05) is 35.2 Å². The topological polar surface area (TPSA) is 65.2 Å². The van der Waals surface area contributed by atoms with Gasteiger partial charge in [-0.3, -0.25) is 9.59 Å². The lowest BCUT2D eigenvalue weighted by Crippen LogP contribution is -2.43. The maximum atomic E-state index is 12.6. The summed E-state index contributed by atoms with van der Waals surface area (Å²) in [5, 5.41) is 4.01. The highest BCUT2D eigenvalue weighted by molar-refractivity contribution is 5.96. The predicted octanol–water partition coefficient (Wildman–Crippen LogP) is 4.60. The first-order valence-corrected chi connectivity index (χ1v) is 11.1. The molecule has 5 heteroatoms. The lowest BCUT2D eigenvalue weighted by Gasteiger charge is -2.31. The van der Waals surface area contributed by atoms with Crippen LogP contribution in [0, 0.1) is 0 Å². The Labute approximate surface area is 183 Å². The highest BCUT2D eigenvalue weighted by Crippen LogP contribution is 2.30. The van der Waals surface area contributed by atoms with Gasteiger partial charge in [0.15, 0.2) is 0 Å². The first-order valence-electron chi connectivity index (χ1n) is 11.1. The number of para-hydroxylation sites is 1. The molecule has 162 valence electrons. The molecular weight excluding hydrogens is 386 g/mol. The largest absolute Gasteiger partial charge is 0.358 e. The van der Waals surface area contributed by atoms with E-state index < -0.39 is 0 Å². The van der Waals surface area contributed by atoms with Gasteiger partial charge in [0.2, 0.25) is 5.91 Å². The first kappa shape index (κ1) is 21.2. The Hall–Kier alpha value is -3.08. The van der Waals surface area contributed by atoms with Crippen LogP contribution in [0.1, 0.15) is 61.1 Å². The lowest BCUT2D eigenvalue weighted by molar-refractivity contribution is -0.131. The van der Waals surface area contributed by atoms with Gasteiger partial charge in [-0.15, -0.1) is 0 Å². The van der Waals surface area contributed by atoms with Crippen molar-refractivity contribution in [3.63, 3.8) is 0 Å².